The largest absolute Gasteiger partial charge is 0.492 e. The van der Waals surface area contributed by atoms with Crippen LogP contribution >= 0.6 is 27.5 Å². The normalized spacial score (nSPS) is 10.8. The van der Waals surface area contributed by atoms with Gasteiger partial charge in [0.25, 0.3) is 0 Å². The number of ether oxygens (including phenoxy) is 1. The van der Waals surface area contributed by atoms with Crippen LogP contribution in [0.2, 0.25) is 5.02 Å². The molecule has 3 rings (SSSR count). The molecule has 0 saturated heterocycles. The molecule has 5 nitrogen and oxygen atoms in total. The number of para-hydroxylation sites is 1. The van der Waals surface area contributed by atoms with E-state index in [9.17, 15) is 9.59 Å². The van der Waals surface area contributed by atoms with Gasteiger partial charge >= 0.3 is 5.97 Å². The van der Waals surface area contributed by atoms with Crippen molar-refractivity contribution in [2.75, 3.05) is 6.61 Å². The SMILES string of the molecule is O=C(O)CCOc1cc(Br)ccc1-c1cc(=O)c2cccc(Cl)c2o1. The second kappa shape index (κ2) is 7.29. The van der Waals surface area contributed by atoms with E-state index in [4.69, 9.17) is 25.9 Å². The molecule has 0 atom stereocenters. The molecule has 0 amide bonds. The average molecular weight is 424 g/mol. The molecule has 1 N–H and O–H groups in total. The molecule has 128 valence electrons. The van der Waals surface area contributed by atoms with Crippen LogP contribution in [0.15, 0.2) is 56.1 Å². The monoisotopic (exact) mass is 422 g/mol. The first-order valence-electron chi connectivity index (χ1n) is 7.32. The van der Waals surface area contributed by atoms with Crippen molar-refractivity contribution in [2.45, 2.75) is 6.42 Å². The molecule has 0 saturated carbocycles. The molecule has 3 aromatic rings. The van der Waals surface area contributed by atoms with Crippen LogP contribution in [0.25, 0.3) is 22.3 Å². The zero-order valence-electron chi connectivity index (χ0n) is 12.8. The fourth-order valence-electron chi connectivity index (χ4n) is 2.34. The van der Waals surface area contributed by atoms with Crippen molar-refractivity contribution in [3.05, 3.63) is 62.2 Å². The maximum absolute atomic E-state index is 12.4. The number of hydrogen-bond donors (Lipinski definition) is 1. The van der Waals surface area contributed by atoms with Gasteiger partial charge in [-0.1, -0.05) is 33.6 Å². The van der Waals surface area contributed by atoms with E-state index in [2.05, 4.69) is 15.9 Å². The Morgan fingerprint density at radius 1 is 1.24 bits per heavy atom. The van der Waals surface area contributed by atoms with Crippen molar-refractivity contribution < 1.29 is 19.1 Å². The van der Waals surface area contributed by atoms with Crippen LogP contribution in [0.3, 0.4) is 0 Å². The van der Waals surface area contributed by atoms with Gasteiger partial charge in [-0.25, -0.2) is 0 Å². The van der Waals surface area contributed by atoms with E-state index >= 15 is 0 Å². The van der Waals surface area contributed by atoms with Gasteiger partial charge in [0.15, 0.2) is 11.0 Å². The van der Waals surface area contributed by atoms with Gasteiger partial charge in [-0.3, -0.25) is 9.59 Å². The predicted molar refractivity (Wildman–Crippen MR) is 98.4 cm³/mol. The molecule has 0 aliphatic carbocycles. The van der Waals surface area contributed by atoms with Crippen molar-refractivity contribution >= 4 is 44.5 Å². The lowest BCUT2D eigenvalue weighted by atomic mass is 10.1. The van der Waals surface area contributed by atoms with Gasteiger partial charge in [0.2, 0.25) is 0 Å². The lowest BCUT2D eigenvalue weighted by Crippen LogP contribution is -2.06. The third-order valence-electron chi connectivity index (χ3n) is 3.49. The highest BCUT2D eigenvalue weighted by molar-refractivity contribution is 9.10. The van der Waals surface area contributed by atoms with Gasteiger partial charge in [0.1, 0.15) is 11.5 Å². The molecule has 0 radical (unpaired) electrons. The first-order valence-corrected chi connectivity index (χ1v) is 8.49. The van der Waals surface area contributed by atoms with Crippen molar-refractivity contribution in [1.82, 2.24) is 0 Å². The van der Waals surface area contributed by atoms with E-state index in [0.29, 0.717) is 33.1 Å². The van der Waals surface area contributed by atoms with Crippen LogP contribution in [0, 0.1) is 0 Å². The molecule has 7 heteroatoms. The number of carboxylic acids is 1. The summed E-state index contributed by atoms with van der Waals surface area (Å²) < 4.78 is 12.1. The quantitative estimate of drug-likeness (QED) is 0.642. The Bertz CT molecular complexity index is 1010. The van der Waals surface area contributed by atoms with Gasteiger partial charge in [-0.15, -0.1) is 0 Å². The first kappa shape index (κ1) is 17.5. The summed E-state index contributed by atoms with van der Waals surface area (Å²) in [4.78, 5) is 23.0. The zero-order valence-corrected chi connectivity index (χ0v) is 15.1. The Labute approximate surface area is 155 Å². The van der Waals surface area contributed by atoms with E-state index in [0.717, 1.165) is 4.47 Å². The summed E-state index contributed by atoms with van der Waals surface area (Å²) >= 11 is 9.48. The van der Waals surface area contributed by atoms with Gasteiger partial charge in [0.05, 0.1) is 29.0 Å². The molecule has 25 heavy (non-hydrogen) atoms. The molecular formula is C18H12BrClO5. The molecule has 0 spiro atoms. The van der Waals surface area contributed by atoms with Crippen molar-refractivity contribution in [3.63, 3.8) is 0 Å². The maximum Gasteiger partial charge on any atom is 0.306 e. The summed E-state index contributed by atoms with van der Waals surface area (Å²) in [6.45, 7) is -0.00262. The number of aliphatic carboxylic acids is 1. The van der Waals surface area contributed by atoms with Crippen LogP contribution in [0.4, 0.5) is 0 Å². The van der Waals surface area contributed by atoms with Crippen molar-refractivity contribution in [2.24, 2.45) is 0 Å². The Hall–Kier alpha value is -2.31. The molecule has 1 aromatic heterocycles. The third-order valence-corrected chi connectivity index (χ3v) is 4.28. The average Bonchev–Trinajstić information content (AvgIpc) is 2.55. The van der Waals surface area contributed by atoms with E-state index in [1.165, 1.54) is 6.07 Å². The van der Waals surface area contributed by atoms with Crippen LogP contribution in [-0.4, -0.2) is 17.7 Å². The topological polar surface area (TPSA) is 76.7 Å². The number of rotatable bonds is 5. The summed E-state index contributed by atoms with van der Waals surface area (Å²) in [6, 6.07) is 11.5. The smallest absolute Gasteiger partial charge is 0.306 e. The van der Waals surface area contributed by atoms with Gasteiger partial charge in [-0.2, -0.15) is 0 Å². The molecule has 0 aliphatic heterocycles. The Morgan fingerprint density at radius 2 is 2.04 bits per heavy atom. The minimum Gasteiger partial charge on any atom is -0.492 e. The molecule has 0 aliphatic rings. The second-order valence-corrected chi connectivity index (χ2v) is 6.55. The first-order chi connectivity index (χ1) is 12.0. The maximum atomic E-state index is 12.4. The van der Waals surface area contributed by atoms with E-state index < -0.39 is 5.97 Å². The molecule has 0 unspecified atom stereocenters. The van der Waals surface area contributed by atoms with Gasteiger partial charge in [-0.05, 0) is 30.3 Å². The highest BCUT2D eigenvalue weighted by Crippen LogP contribution is 2.34. The Balaban J connectivity index is 2.10. The molecular weight excluding hydrogens is 412 g/mol. The predicted octanol–water partition coefficient (Wildman–Crippen LogP) is 4.73. The highest BCUT2D eigenvalue weighted by atomic mass is 79.9. The van der Waals surface area contributed by atoms with E-state index in [1.54, 1.807) is 36.4 Å². The van der Waals surface area contributed by atoms with E-state index in [1.807, 2.05) is 0 Å². The summed E-state index contributed by atoms with van der Waals surface area (Å²) in [5, 5.41) is 9.48. The molecule has 1 heterocycles. The number of carbonyl (C=O) groups is 1. The number of carboxylic acid groups (broad SMARTS) is 1. The number of hydrogen-bond acceptors (Lipinski definition) is 4. The van der Waals surface area contributed by atoms with Crippen LogP contribution < -0.4 is 10.2 Å². The van der Waals surface area contributed by atoms with Gasteiger partial charge < -0.3 is 14.3 Å². The molecule has 2 aromatic carbocycles. The van der Waals surface area contributed by atoms with Crippen molar-refractivity contribution in [3.8, 4) is 17.1 Å². The van der Waals surface area contributed by atoms with Crippen LogP contribution in [0.1, 0.15) is 6.42 Å². The third kappa shape index (κ3) is 3.86. The second-order valence-electron chi connectivity index (χ2n) is 5.22. The van der Waals surface area contributed by atoms with Gasteiger partial charge in [0, 0.05) is 10.5 Å². The number of benzene rings is 2. The molecule has 0 fully saturated rings. The van der Waals surface area contributed by atoms with Crippen molar-refractivity contribution in [1.29, 1.82) is 0 Å². The molecule has 0 bridgehead atoms. The minimum absolute atomic E-state index is 0.00262. The Kier molecular flexibility index (Phi) is 5.11. The number of fused-ring (bicyclic) bond motifs is 1. The van der Waals surface area contributed by atoms with Crippen LogP contribution in [0.5, 0.6) is 5.75 Å². The summed E-state index contributed by atoms with van der Waals surface area (Å²) in [6.07, 6.45) is -0.139. The standard InChI is InChI=1S/C18H12BrClO5/c19-10-4-5-12(15(8-10)24-7-6-17(22)23)16-9-14(21)11-2-1-3-13(20)18(11)25-16/h1-5,8-9H,6-7H2,(H,22,23). The summed E-state index contributed by atoms with van der Waals surface area (Å²) in [5.41, 5.74) is 0.608. The van der Waals surface area contributed by atoms with E-state index in [-0.39, 0.29) is 18.5 Å². The summed E-state index contributed by atoms with van der Waals surface area (Å²) in [7, 11) is 0. The fourth-order valence-corrected chi connectivity index (χ4v) is 2.90. The summed E-state index contributed by atoms with van der Waals surface area (Å²) in [5.74, 6) is -0.255. The lowest BCUT2D eigenvalue weighted by molar-refractivity contribution is -0.137. The Morgan fingerprint density at radius 3 is 2.80 bits per heavy atom. The lowest BCUT2D eigenvalue weighted by Gasteiger charge is -2.11. The zero-order chi connectivity index (χ0) is 18.0. The number of halogens is 2. The minimum atomic E-state index is -0.958. The highest BCUT2D eigenvalue weighted by Gasteiger charge is 2.14. The van der Waals surface area contributed by atoms with Crippen LogP contribution in [-0.2, 0) is 4.79 Å². The fraction of sp³-hybridized carbons (Fsp3) is 0.111.